The van der Waals surface area contributed by atoms with E-state index in [9.17, 15) is 0 Å². The summed E-state index contributed by atoms with van der Waals surface area (Å²) in [6.07, 6.45) is 1.42. The van der Waals surface area contributed by atoms with Gasteiger partial charge in [-0.2, -0.15) is 5.26 Å². The summed E-state index contributed by atoms with van der Waals surface area (Å²) >= 11 is 0. The van der Waals surface area contributed by atoms with E-state index in [2.05, 4.69) is 6.07 Å². The lowest BCUT2D eigenvalue weighted by molar-refractivity contribution is 0.340. The van der Waals surface area contributed by atoms with Crippen molar-refractivity contribution < 1.29 is 9.47 Å². The maximum absolute atomic E-state index is 8.81. The molecule has 3 heteroatoms. The topological polar surface area (TPSA) is 42.2 Å². The third kappa shape index (κ3) is 2.27. The molecule has 72 valence electrons. The van der Waals surface area contributed by atoms with Gasteiger partial charge in [-0.15, -0.1) is 0 Å². The molecule has 0 N–H and O–H groups in total. The van der Waals surface area contributed by atoms with Crippen LogP contribution in [-0.4, -0.2) is 14.2 Å². The van der Waals surface area contributed by atoms with Crippen LogP contribution >= 0.6 is 0 Å². The van der Waals surface area contributed by atoms with E-state index in [0.717, 1.165) is 11.3 Å². The second-order valence-electron chi connectivity index (χ2n) is 2.61. The average Bonchev–Trinajstić information content (AvgIpc) is 2.26. The normalized spacial score (nSPS) is 10.5. The second-order valence-corrected chi connectivity index (χ2v) is 2.61. The van der Waals surface area contributed by atoms with E-state index in [0.29, 0.717) is 5.57 Å². The highest BCUT2D eigenvalue weighted by Crippen LogP contribution is 2.17. The largest absolute Gasteiger partial charge is 0.503 e. The SMILES string of the molecule is CO/C=C(/C#N)c1ccc(OC)cc1. The van der Waals surface area contributed by atoms with Gasteiger partial charge in [-0.05, 0) is 29.8 Å². The van der Waals surface area contributed by atoms with Crippen LogP contribution in [0.4, 0.5) is 0 Å². The molecule has 0 radical (unpaired) electrons. The van der Waals surface area contributed by atoms with Gasteiger partial charge in [0.1, 0.15) is 18.1 Å². The Labute approximate surface area is 83.2 Å². The number of nitrogens with zero attached hydrogens (tertiary/aromatic N) is 1. The van der Waals surface area contributed by atoms with Crippen LogP contribution in [0.5, 0.6) is 5.75 Å². The van der Waals surface area contributed by atoms with Crippen molar-refractivity contribution in [1.29, 1.82) is 5.26 Å². The number of hydrogen-bond acceptors (Lipinski definition) is 3. The third-order valence-electron chi connectivity index (χ3n) is 1.76. The van der Waals surface area contributed by atoms with Gasteiger partial charge in [0.25, 0.3) is 0 Å². The highest BCUT2D eigenvalue weighted by atomic mass is 16.5. The Morgan fingerprint density at radius 3 is 2.36 bits per heavy atom. The first-order valence-corrected chi connectivity index (χ1v) is 4.09. The third-order valence-corrected chi connectivity index (χ3v) is 1.76. The van der Waals surface area contributed by atoms with Gasteiger partial charge in [-0.25, -0.2) is 0 Å². The Hall–Kier alpha value is -1.95. The van der Waals surface area contributed by atoms with Crippen molar-refractivity contribution in [3.05, 3.63) is 36.1 Å². The minimum Gasteiger partial charge on any atom is -0.503 e. The molecule has 0 heterocycles. The van der Waals surface area contributed by atoms with Crippen molar-refractivity contribution in [3.8, 4) is 11.8 Å². The average molecular weight is 189 g/mol. The summed E-state index contributed by atoms with van der Waals surface area (Å²) in [5.41, 5.74) is 1.31. The molecule has 0 fully saturated rings. The van der Waals surface area contributed by atoms with Gasteiger partial charge in [0.15, 0.2) is 0 Å². The lowest BCUT2D eigenvalue weighted by Crippen LogP contribution is -1.85. The molecule has 0 spiro atoms. The van der Waals surface area contributed by atoms with Crippen molar-refractivity contribution in [2.24, 2.45) is 0 Å². The molecular formula is C11H11NO2. The minimum atomic E-state index is 0.496. The quantitative estimate of drug-likeness (QED) is 0.540. The number of allylic oxidation sites excluding steroid dienone is 1. The molecule has 0 saturated heterocycles. The van der Waals surface area contributed by atoms with Crippen LogP contribution < -0.4 is 4.74 Å². The van der Waals surface area contributed by atoms with E-state index in [1.165, 1.54) is 13.4 Å². The van der Waals surface area contributed by atoms with E-state index in [-0.39, 0.29) is 0 Å². The molecule has 0 aromatic heterocycles. The van der Waals surface area contributed by atoms with Crippen LogP contribution in [0.2, 0.25) is 0 Å². The maximum Gasteiger partial charge on any atom is 0.118 e. The van der Waals surface area contributed by atoms with E-state index in [1.807, 2.05) is 12.1 Å². The van der Waals surface area contributed by atoms with E-state index in [1.54, 1.807) is 19.2 Å². The van der Waals surface area contributed by atoms with Gasteiger partial charge in [-0.3, -0.25) is 0 Å². The standard InChI is InChI=1S/C11H11NO2/c1-13-8-10(7-12)9-3-5-11(14-2)6-4-9/h3-6,8H,1-2H3/b10-8-. The first-order valence-electron chi connectivity index (χ1n) is 4.09. The fourth-order valence-corrected chi connectivity index (χ4v) is 1.05. The summed E-state index contributed by atoms with van der Waals surface area (Å²) in [6.45, 7) is 0. The number of methoxy groups -OCH3 is 2. The highest BCUT2D eigenvalue weighted by Gasteiger charge is 2.00. The molecule has 1 aromatic rings. The van der Waals surface area contributed by atoms with E-state index < -0.39 is 0 Å². The fraction of sp³-hybridized carbons (Fsp3) is 0.182. The van der Waals surface area contributed by atoms with Crippen LogP contribution in [-0.2, 0) is 4.74 Å². The highest BCUT2D eigenvalue weighted by molar-refractivity contribution is 5.76. The first-order chi connectivity index (χ1) is 6.81. The Bertz CT molecular complexity index is 360. The lowest BCUT2D eigenvalue weighted by Gasteiger charge is -2.01. The lowest BCUT2D eigenvalue weighted by atomic mass is 10.1. The summed E-state index contributed by atoms with van der Waals surface area (Å²) in [4.78, 5) is 0. The molecular weight excluding hydrogens is 178 g/mol. The molecule has 0 aliphatic heterocycles. The smallest absolute Gasteiger partial charge is 0.118 e. The molecule has 0 aliphatic rings. The Balaban J connectivity index is 2.97. The summed E-state index contributed by atoms with van der Waals surface area (Å²) in [7, 11) is 3.12. The Kier molecular flexibility index (Phi) is 3.57. The van der Waals surface area contributed by atoms with Crippen molar-refractivity contribution in [3.63, 3.8) is 0 Å². The number of rotatable bonds is 3. The van der Waals surface area contributed by atoms with Gasteiger partial charge in [0, 0.05) is 0 Å². The van der Waals surface area contributed by atoms with Gasteiger partial charge >= 0.3 is 0 Å². The zero-order valence-electron chi connectivity index (χ0n) is 8.15. The van der Waals surface area contributed by atoms with Crippen molar-refractivity contribution in [1.82, 2.24) is 0 Å². The molecule has 0 aliphatic carbocycles. The monoisotopic (exact) mass is 189 g/mol. The summed E-state index contributed by atoms with van der Waals surface area (Å²) in [5, 5.41) is 8.81. The Morgan fingerprint density at radius 2 is 1.93 bits per heavy atom. The van der Waals surface area contributed by atoms with Gasteiger partial charge in [0.2, 0.25) is 0 Å². The second kappa shape index (κ2) is 4.93. The first kappa shape index (κ1) is 10.1. The van der Waals surface area contributed by atoms with Crippen molar-refractivity contribution in [2.75, 3.05) is 14.2 Å². The summed E-state index contributed by atoms with van der Waals surface area (Å²) in [5.74, 6) is 0.767. The van der Waals surface area contributed by atoms with Gasteiger partial charge in [-0.1, -0.05) is 0 Å². The molecule has 0 unspecified atom stereocenters. The van der Waals surface area contributed by atoms with Gasteiger partial charge in [0.05, 0.1) is 19.8 Å². The molecule has 0 amide bonds. The van der Waals surface area contributed by atoms with Crippen LogP contribution in [0, 0.1) is 11.3 Å². The predicted molar refractivity (Wildman–Crippen MR) is 53.6 cm³/mol. The minimum absolute atomic E-state index is 0.496. The molecule has 1 aromatic carbocycles. The number of nitriles is 1. The zero-order valence-corrected chi connectivity index (χ0v) is 8.15. The molecule has 3 nitrogen and oxygen atoms in total. The zero-order chi connectivity index (χ0) is 10.4. The van der Waals surface area contributed by atoms with E-state index in [4.69, 9.17) is 14.7 Å². The number of hydrogen-bond donors (Lipinski definition) is 0. The van der Waals surface area contributed by atoms with Crippen LogP contribution in [0.15, 0.2) is 30.5 Å². The number of benzene rings is 1. The maximum atomic E-state index is 8.81. The fourth-order valence-electron chi connectivity index (χ4n) is 1.05. The molecule has 0 bridgehead atoms. The van der Waals surface area contributed by atoms with E-state index >= 15 is 0 Å². The van der Waals surface area contributed by atoms with Crippen LogP contribution in [0.3, 0.4) is 0 Å². The summed E-state index contributed by atoms with van der Waals surface area (Å²) in [6, 6.07) is 9.28. The Morgan fingerprint density at radius 1 is 1.29 bits per heavy atom. The predicted octanol–water partition coefficient (Wildman–Crippen LogP) is 2.21. The van der Waals surface area contributed by atoms with Gasteiger partial charge < -0.3 is 9.47 Å². The molecule has 1 rings (SSSR count). The molecule has 14 heavy (non-hydrogen) atoms. The van der Waals surface area contributed by atoms with Crippen molar-refractivity contribution in [2.45, 2.75) is 0 Å². The van der Waals surface area contributed by atoms with Crippen molar-refractivity contribution >= 4 is 5.57 Å². The van der Waals surface area contributed by atoms with Crippen LogP contribution in [0.1, 0.15) is 5.56 Å². The van der Waals surface area contributed by atoms with Crippen LogP contribution in [0.25, 0.3) is 5.57 Å². The summed E-state index contributed by atoms with van der Waals surface area (Å²) < 4.78 is 9.80. The molecule has 0 saturated carbocycles. The number of ether oxygens (including phenoxy) is 2. The molecule has 0 atom stereocenters.